The van der Waals surface area contributed by atoms with Crippen molar-refractivity contribution in [2.75, 3.05) is 17.6 Å². The van der Waals surface area contributed by atoms with Gasteiger partial charge in [0.25, 0.3) is 10.0 Å². The first-order valence-electron chi connectivity index (χ1n) is 9.74. The van der Waals surface area contributed by atoms with Crippen molar-refractivity contribution in [3.63, 3.8) is 0 Å². The van der Waals surface area contributed by atoms with Gasteiger partial charge in [-0.2, -0.15) is 0 Å². The van der Waals surface area contributed by atoms with Crippen LogP contribution in [0.25, 0.3) is 0 Å². The first-order chi connectivity index (χ1) is 15.3. The number of fused-ring (bicyclic) bond motifs is 1. The lowest BCUT2D eigenvalue weighted by Crippen LogP contribution is -2.37. The monoisotopic (exact) mass is 472 g/mol. The van der Waals surface area contributed by atoms with E-state index in [1.807, 2.05) is 31.2 Å². The van der Waals surface area contributed by atoms with E-state index in [1.54, 1.807) is 10.3 Å². The molecule has 1 amide bonds. The molecule has 0 aliphatic carbocycles. The molecule has 0 unspecified atom stereocenters. The van der Waals surface area contributed by atoms with E-state index in [4.69, 9.17) is 4.74 Å². The second kappa shape index (κ2) is 9.05. The minimum atomic E-state index is -3.45. The van der Waals surface area contributed by atoms with Crippen LogP contribution in [0.2, 0.25) is 0 Å². The maximum atomic E-state index is 12.4. The zero-order valence-corrected chi connectivity index (χ0v) is 18.8. The molecule has 2 aliphatic heterocycles. The molecular weight excluding hydrogens is 452 g/mol. The fourth-order valence-electron chi connectivity index (χ4n) is 3.09. The number of nitrogens with zero attached hydrogens (tertiary/aromatic N) is 3. The summed E-state index contributed by atoms with van der Waals surface area (Å²) in [5, 5.41) is 5.23. The van der Waals surface area contributed by atoms with Gasteiger partial charge in [-0.15, -0.1) is 15.7 Å². The highest BCUT2D eigenvalue weighted by Crippen LogP contribution is 2.18. The average molecular weight is 473 g/mol. The number of rotatable bonds is 6. The number of amides is 1. The van der Waals surface area contributed by atoms with Crippen LogP contribution in [0.1, 0.15) is 16.3 Å². The van der Waals surface area contributed by atoms with E-state index in [1.165, 1.54) is 29.7 Å². The molecule has 11 heteroatoms. The van der Waals surface area contributed by atoms with Crippen LogP contribution in [0, 0.1) is 6.92 Å². The molecule has 0 saturated heterocycles. The van der Waals surface area contributed by atoms with Crippen LogP contribution in [0.3, 0.4) is 0 Å². The van der Waals surface area contributed by atoms with Crippen molar-refractivity contribution in [1.82, 2.24) is 9.88 Å². The number of amidine groups is 1. The lowest BCUT2D eigenvalue weighted by molar-refractivity contribution is -0.140. The maximum Gasteiger partial charge on any atom is 0.340 e. The number of sulfonamides is 1. The number of nitrogens with one attached hydrogen (secondary N) is 1. The molecule has 0 spiro atoms. The number of aromatic nitrogens is 1. The van der Waals surface area contributed by atoms with E-state index < -0.39 is 16.0 Å². The molecular formula is C21H20N4O5S2. The lowest BCUT2D eigenvalue weighted by atomic mass is 10.2. The number of hydrogen-bond acceptors (Lipinski definition) is 8. The molecule has 4 rings (SSSR count). The number of hydrogen-bond donors (Lipinski definition) is 1. The minimum Gasteiger partial charge on any atom is -0.456 e. The summed E-state index contributed by atoms with van der Waals surface area (Å²) in [5.74, 6) is -0.556. The van der Waals surface area contributed by atoms with Crippen LogP contribution in [0.15, 0.2) is 58.0 Å². The molecule has 0 saturated carbocycles. The molecule has 2 aromatic rings. The highest BCUT2D eigenvalue weighted by Gasteiger charge is 2.25. The molecule has 3 heterocycles. The third-order valence-corrected chi connectivity index (χ3v) is 6.80. The van der Waals surface area contributed by atoms with Gasteiger partial charge in [0.15, 0.2) is 0 Å². The van der Waals surface area contributed by atoms with Gasteiger partial charge >= 0.3 is 5.97 Å². The van der Waals surface area contributed by atoms with E-state index >= 15 is 0 Å². The number of carbonyl (C=O) groups is 2. The summed E-state index contributed by atoms with van der Waals surface area (Å²) in [6.45, 7) is 2.11. The predicted octanol–water partition coefficient (Wildman–Crippen LogP) is 2.17. The summed E-state index contributed by atoms with van der Waals surface area (Å²) in [6.07, 6.45) is 4.60. The van der Waals surface area contributed by atoms with Crippen LogP contribution < -0.4 is 5.32 Å². The highest BCUT2D eigenvalue weighted by atomic mass is 32.2. The van der Waals surface area contributed by atoms with Crippen molar-refractivity contribution in [3.05, 3.63) is 69.8 Å². The number of esters is 1. The zero-order chi connectivity index (χ0) is 22.7. The SMILES string of the molecule is Cc1ccccc1NC(=O)Cc1nc(COC(=O)C2=CN3CCS(=O)(=O)N=C3C=C2)cs1. The minimum absolute atomic E-state index is 0.0325. The Hall–Kier alpha value is -3.31. The van der Waals surface area contributed by atoms with Gasteiger partial charge < -0.3 is 15.0 Å². The Bertz CT molecular complexity index is 1260. The Balaban J connectivity index is 1.30. The van der Waals surface area contributed by atoms with Crippen molar-refractivity contribution in [2.45, 2.75) is 20.0 Å². The summed E-state index contributed by atoms with van der Waals surface area (Å²) in [4.78, 5) is 30.6. The topological polar surface area (TPSA) is 118 Å². The van der Waals surface area contributed by atoms with Gasteiger partial charge in [-0.25, -0.2) is 18.2 Å². The lowest BCUT2D eigenvalue weighted by Gasteiger charge is -2.26. The molecule has 1 N–H and O–H groups in total. The number of anilines is 1. The number of benzene rings is 1. The van der Waals surface area contributed by atoms with Gasteiger partial charge in [0.05, 0.1) is 23.4 Å². The average Bonchev–Trinajstić information content (AvgIpc) is 3.20. The number of para-hydroxylation sites is 1. The summed E-state index contributed by atoms with van der Waals surface area (Å²) in [5.41, 5.74) is 2.57. The third kappa shape index (κ3) is 5.29. The standard InChI is InChI=1S/C21H20N4O5S2/c1-14-4-2-3-5-17(14)23-19(26)10-20-22-16(13-31-20)12-30-21(27)15-6-7-18-24-32(28,29)9-8-25(18)11-15/h2-7,11,13H,8-10,12H2,1H3,(H,23,26). The van der Waals surface area contributed by atoms with E-state index in [-0.39, 0.29) is 42.6 Å². The number of ether oxygens (including phenoxy) is 1. The molecule has 2 aliphatic rings. The van der Waals surface area contributed by atoms with E-state index in [2.05, 4.69) is 14.7 Å². The van der Waals surface area contributed by atoms with Crippen molar-refractivity contribution >= 4 is 44.8 Å². The van der Waals surface area contributed by atoms with Gasteiger partial charge in [-0.1, -0.05) is 18.2 Å². The summed E-state index contributed by atoms with van der Waals surface area (Å²) < 4.78 is 32.1. The molecule has 1 aromatic heterocycles. The van der Waals surface area contributed by atoms with Gasteiger partial charge in [0.1, 0.15) is 17.5 Å². The highest BCUT2D eigenvalue weighted by molar-refractivity contribution is 7.90. The summed E-state index contributed by atoms with van der Waals surface area (Å²) in [6, 6.07) is 7.52. The first kappa shape index (κ1) is 21.9. The van der Waals surface area contributed by atoms with Crippen LogP contribution in [0.5, 0.6) is 0 Å². The molecule has 0 radical (unpaired) electrons. The molecule has 32 heavy (non-hydrogen) atoms. The first-order valence-corrected chi connectivity index (χ1v) is 12.2. The molecule has 1 aromatic carbocycles. The number of aryl methyl sites for hydroxylation is 1. The molecule has 0 bridgehead atoms. The van der Waals surface area contributed by atoms with Crippen LogP contribution >= 0.6 is 11.3 Å². The number of carbonyl (C=O) groups excluding carboxylic acids is 2. The maximum absolute atomic E-state index is 12.4. The van der Waals surface area contributed by atoms with Crippen molar-refractivity contribution < 1.29 is 22.7 Å². The van der Waals surface area contributed by atoms with Crippen molar-refractivity contribution in [1.29, 1.82) is 0 Å². The van der Waals surface area contributed by atoms with Crippen molar-refractivity contribution in [3.8, 4) is 0 Å². The summed E-state index contributed by atoms with van der Waals surface area (Å²) in [7, 11) is -3.45. The Labute approximate surface area is 189 Å². The van der Waals surface area contributed by atoms with Gasteiger partial charge in [-0.05, 0) is 30.7 Å². The molecule has 166 valence electrons. The fourth-order valence-corrected chi connectivity index (χ4v) is 4.83. The van der Waals surface area contributed by atoms with Gasteiger partial charge in [0, 0.05) is 23.8 Å². The normalized spacial score (nSPS) is 16.6. The fraction of sp³-hybridized carbons (Fsp3) is 0.238. The third-order valence-electron chi connectivity index (χ3n) is 4.74. The van der Waals surface area contributed by atoms with Crippen molar-refractivity contribution in [2.24, 2.45) is 4.40 Å². The molecule has 0 atom stereocenters. The van der Waals surface area contributed by atoms with Crippen LogP contribution in [-0.2, 0) is 37.4 Å². The van der Waals surface area contributed by atoms with E-state index in [0.717, 1.165) is 11.3 Å². The Morgan fingerprint density at radius 2 is 2.06 bits per heavy atom. The second-order valence-electron chi connectivity index (χ2n) is 7.20. The Morgan fingerprint density at radius 3 is 2.88 bits per heavy atom. The van der Waals surface area contributed by atoms with E-state index in [0.29, 0.717) is 10.7 Å². The Morgan fingerprint density at radius 1 is 1.25 bits per heavy atom. The zero-order valence-electron chi connectivity index (χ0n) is 17.1. The summed E-state index contributed by atoms with van der Waals surface area (Å²) >= 11 is 1.32. The predicted molar refractivity (Wildman–Crippen MR) is 121 cm³/mol. The van der Waals surface area contributed by atoms with Crippen LogP contribution in [0.4, 0.5) is 5.69 Å². The van der Waals surface area contributed by atoms with Gasteiger partial charge in [0.2, 0.25) is 5.91 Å². The second-order valence-corrected chi connectivity index (χ2v) is 9.89. The molecule has 9 nitrogen and oxygen atoms in total. The quantitative estimate of drug-likeness (QED) is 0.640. The molecule has 0 fully saturated rings. The van der Waals surface area contributed by atoms with E-state index in [9.17, 15) is 18.0 Å². The van der Waals surface area contributed by atoms with Gasteiger partial charge in [-0.3, -0.25) is 4.79 Å². The smallest absolute Gasteiger partial charge is 0.340 e. The Kier molecular flexibility index (Phi) is 6.19. The van der Waals surface area contributed by atoms with Crippen LogP contribution in [-0.4, -0.2) is 48.3 Å². The largest absolute Gasteiger partial charge is 0.456 e. The number of thiazole rings is 1.